The van der Waals surface area contributed by atoms with Crippen LogP contribution < -0.4 is 15.1 Å². The summed E-state index contributed by atoms with van der Waals surface area (Å²) >= 11 is 0. The quantitative estimate of drug-likeness (QED) is 0.542. The molecule has 3 aliphatic heterocycles. The maximum atomic E-state index is 11.9. The van der Waals surface area contributed by atoms with Gasteiger partial charge in [-0.1, -0.05) is 20.8 Å². The molecule has 1 aromatic heterocycles. The Morgan fingerprint density at radius 1 is 1.03 bits per heavy atom. The van der Waals surface area contributed by atoms with Crippen molar-refractivity contribution >= 4 is 23.5 Å². The van der Waals surface area contributed by atoms with Gasteiger partial charge in [0, 0.05) is 64.3 Å². The number of amides is 1. The Labute approximate surface area is 199 Å². The van der Waals surface area contributed by atoms with Crippen molar-refractivity contribution in [3.05, 3.63) is 6.07 Å². The molecule has 0 bridgehead atoms. The Kier molecular flexibility index (Phi) is 8.28. The van der Waals surface area contributed by atoms with Gasteiger partial charge in [0.2, 0.25) is 11.9 Å². The Morgan fingerprint density at radius 3 is 2.39 bits per heavy atom. The highest BCUT2D eigenvalue weighted by Gasteiger charge is 2.28. The van der Waals surface area contributed by atoms with Gasteiger partial charge in [0.25, 0.3) is 0 Å². The predicted molar refractivity (Wildman–Crippen MR) is 135 cm³/mol. The van der Waals surface area contributed by atoms with Gasteiger partial charge in [-0.2, -0.15) is 9.97 Å². The van der Waals surface area contributed by atoms with Crippen molar-refractivity contribution in [2.24, 2.45) is 5.92 Å². The van der Waals surface area contributed by atoms with Gasteiger partial charge < -0.3 is 20.0 Å². The van der Waals surface area contributed by atoms with Crippen molar-refractivity contribution in [3.63, 3.8) is 0 Å². The molecule has 8 heteroatoms. The van der Waals surface area contributed by atoms with Crippen molar-refractivity contribution in [3.8, 4) is 0 Å². The van der Waals surface area contributed by atoms with Crippen molar-refractivity contribution in [2.75, 3.05) is 74.0 Å². The fraction of sp³-hybridized carbons (Fsp3) is 0.800. The number of piperidine rings is 1. The van der Waals surface area contributed by atoms with Crippen LogP contribution in [0.4, 0.5) is 17.6 Å². The molecule has 1 amide bonds. The van der Waals surface area contributed by atoms with Gasteiger partial charge in [0.15, 0.2) is 0 Å². The zero-order valence-corrected chi connectivity index (χ0v) is 20.9. The van der Waals surface area contributed by atoms with Crippen LogP contribution in [0.1, 0.15) is 59.3 Å². The molecule has 1 unspecified atom stereocenters. The molecule has 0 saturated carbocycles. The highest BCUT2D eigenvalue weighted by molar-refractivity contribution is 5.78. The minimum absolute atomic E-state index is 0.298. The lowest BCUT2D eigenvalue weighted by atomic mass is 9.99. The number of carbonyl (C=O) groups is 1. The molecule has 0 spiro atoms. The standard InChI is InChI=1S/C25H43N7O/c1-4-29(5-2)21-11-17-32(19-21)23-18-22(30-15-9-20(3)10-16-30)27-25(28-23)26-12-7-14-31-13-6-8-24(31)33/h18,20-21H,4-17,19H2,1-3H3,(H,26,27,28). The van der Waals surface area contributed by atoms with Crippen molar-refractivity contribution in [2.45, 2.75) is 65.3 Å². The van der Waals surface area contributed by atoms with Crippen LogP contribution in [0.3, 0.4) is 0 Å². The van der Waals surface area contributed by atoms with E-state index in [1.807, 2.05) is 4.90 Å². The maximum Gasteiger partial charge on any atom is 0.226 e. The minimum atomic E-state index is 0.298. The molecule has 33 heavy (non-hydrogen) atoms. The molecular weight excluding hydrogens is 414 g/mol. The van der Waals surface area contributed by atoms with Gasteiger partial charge in [-0.15, -0.1) is 0 Å². The van der Waals surface area contributed by atoms with Crippen molar-refractivity contribution < 1.29 is 4.79 Å². The first kappa shape index (κ1) is 24.0. The van der Waals surface area contributed by atoms with Crippen LogP contribution in [0, 0.1) is 5.92 Å². The summed E-state index contributed by atoms with van der Waals surface area (Å²) in [5.41, 5.74) is 0. The number of likely N-dealkylation sites (N-methyl/N-ethyl adjacent to an activating group) is 1. The van der Waals surface area contributed by atoms with Crippen molar-refractivity contribution in [1.82, 2.24) is 19.8 Å². The second kappa shape index (κ2) is 11.4. The largest absolute Gasteiger partial charge is 0.356 e. The predicted octanol–water partition coefficient (Wildman–Crippen LogP) is 3.06. The summed E-state index contributed by atoms with van der Waals surface area (Å²) in [5, 5.41) is 3.47. The summed E-state index contributed by atoms with van der Waals surface area (Å²) in [6.07, 6.45) is 6.26. The number of hydrogen-bond donors (Lipinski definition) is 1. The first-order valence-corrected chi connectivity index (χ1v) is 13.2. The second-order valence-electron chi connectivity index (χ2n) is 9.95. The Balaban J connectivity index is 1.43. The number of nitrogens with zero attached hydrogens (tertiary/aromatic N) is 6. The van der Waals surface area contributed by atoms with Gasteiger partial charge in [0.1, 0.15) is 11.6 Å². The van der Waals surface area contributed by atoms with Crippen LogP contribution in [0.2, 0.25) is 0 Å². The fourth-order valence-corrected chi connectivity index (χ4v) is 5.46. The number of rotatable bonds is 10. The van der Waals surface area contributed by atoms with E-state index in [0.717, 1.165) is 95.2 Å². The van der Waals surface area contributed by atoms with Crippen LogP contribution in [-0.4, -0.2) is 90.6 Å². The Morgan fingerprint density at radius 2 is 1.73 bits per heavy atom. The Bertz CT molecular complexity index is 776. The van der Waals surface area contributed by atoms with E-state index in [0.29, 0.717) is 18.4 Å². The summed E-state index contributed by atoms with van der Waals surface area (Å²) in [7, 11) is 0. The van der Waals surface area contributed by atoms with Crippen LogP contribution >= 0.6 is 0 Å². The van der Waals surface area contributed by atoms with E-state index in [9.17, 15) is 4.79 Å². The second-order valence-corrected chi connectivity index (χ2v) is 9.95. The first-order valence-electron chi connectivity index (χ1n) is 13.2. The van der Waals surface area contributed by atoms with Gasteiger partial charge in [-0.25, -0.2) is 0 Å². The summed E-state index contributed by atoms with van der Waals surface area (Å²) in [6.45, 7) is 15.8. The monoisotopic (exact) mass is 457 g/mol. The van der Waals surface area contributed by atoms with Gasteiger partial charge in [-0.05, 0) is 51.1 Å². The summed E-state index contributed by atoms with van der Waals surface area (Å²) in [4.78, 5) is 31.1. The lowest BCUT2D eigenvalue weighted by molar-refractivity contribution is -0.127. The zero-order valence-electron chi connectivity index (χ0n) is 20.9. The molecule has 3 fully saturated rings. The zero-order chi connectivity index (χ0) is 23.2. The molecule has 4 rings (SSSR count). The highest BCUT2D eigenvalue weighted by atomic mass is 16.2. The molecule has 1 aromatic rings. The normalized spacial score (nSPS) is 22.1. The topological polar surface area (TPSA) is 67.8 Å². The molecule has 8 nitrogen and oxygen atoms in total. The summed E-state index contributed by atoms with van der Waals surface area (Å²) in [6, 6.07) is 2.80. The highest BCUT2D eigenvalue weighted by Crippen LogP contribution is 2.28. The average molecular weight is 458 g/mol. The number of hydrogen-bond acceptors (Lipinski definition) is 7. The van der Waals surface area contributed by atoms with E-state index < -0.39 is 0 Å². The van der Waals surface area contributed by atoms with Crippen LogP contribution in [-0.2, 0) is 4.79 Å². The third kappa shape index (κ3) is 6.08. The number of nitrogens with one attached hydrogen (secondary N) is 1. The van der Waals surface area contributed by atoms with E-state index in [4.69, 9.17) is 9.97 Å². The third-order valence-electron chi connectivity index (χ3n) is 7.68. The molecule has 3 aliphatic rings. The molecule has 4 heterocycles. The smallest absolute Gasteiger partial charge is 0.226 e. The first-order chi connectivity index (χ1) is 16.1. The van der Waals surface area contributed by atoms with E-state index in [1.165, 1.54) is 19.3 Å². The summed E-state index contributed by atoms with van der Waals surface area (Å²) in [5.74, 6) is 3.91. The molecule has 0 aromatic carbocycles. The number of likely N-dealkylation sites (tertiary alicyclic amines) is 1. The number of anilines is 3. The molecule has 0 aliphatic carbocycles. The Hall–Kier alpha value is -2.09. The molecule has 0 radical (unpaired) electrons. The van der Waals surface area contributed by atoms with E-state index in [2.05, 4.69) is 46.9 Å². The van der Waals surface area contributed by atoms with E-state index in [1.54, 1.807) is 0 Å². The third-order valence-corrected chi connectivity index (χ3v) is 7.68. The number of aromatic nitrogens is 2. The SMILES string of the molecule is CCN(CC)C1CCN(c2cc(N3CCC(C)CC3)nc(NCCCN3CCCC3=O)n2)C1. The van der Waals surface area contributed by atoms with Gasteiger partial charge in [0.05, 0.1) is 0 Å². The maximum absolute atomic E-state index is 11.9. The fourth-order valence-electron chi connectivity index (χ4n) is 5.46. The molecule has 3 saturated heterocycles. The lowest BCUT2D eigenvalue weighted by Crippen LogP contribution is -2.37. The molecular formula is C25H43N7O. The average Bonchev–Trinajstić information content (AvgIpc) is 3.47. The van der Waals surface area contributed by atoms with Crippen LogP contribution in [0.15, 0.2) is 6.07 Å². The van der Waals surface area contributed by atoms with Gasteiger partial charge in [-0.3, -0.25) is 9.69 Å². The van der Waals surface area contributed by atoms with Crippen LogP contribution in [0.25, 0.3) is 0 Å². The minimum Gasteiger partial charge on any atom is -0.356 e. The van der Waals surface area contributed by atoms with E-state index >= 15 is 0 Å². The number of carbonyl (C=O) groups excluding carboxylic acids is 1. The van der Waals surface area contributed by atoms with Crippen molar-refractivity contribution in [1.29, 1.82) is 0 Å². The molecule has 1 N–H and O–H groups in total. The van der Waals surface area contributed by atoms with E-state index in [-0.39, 0.29) is 0 Å². The lowest BCUT2D eigenvalue weighted by Gasteiger charge is -2.32. The van der Waals surface area contributed by atoms with Crippen LogP contribution in [0.5, 0.6) is 0 Å². The summed E-state index contributed by atoms with van der Waals surface area (Å²) < 4.78 is 0. The van der Waals surface area contributed by atoms with Gasteiger partial charge >= 0.3 is 0 Å². The molecule has 184 valence electrons. The molecule has 1 atom stereocenters.